The largest absolute Gasteiger partial charge is 0.493 e. The molecule has 0 radical (unpaired) electrons. The van der Waals surface area contributed by atoms with Crippen molar-refractivity contribution < 1.29 is 4.74 Å². The van der Waals surface area contributed by atoms with E-state index in [0.717, 1.165) is 22.7 Å². The Kier molecular flexibility index (Phi) is 4.15. The molecule has 0 heterocycles. The molecule has 1 aromatic rings. The number of ether oxygens (including phenoxy) is 1. The molecule has 0 bridgehead atoms. The van der Waals surface area contributed by atoms with Gasteiger partial charge in [-0.1, -0.05) is 46.4 Å². The minimum Gasteiger partial charge on any atom is -0.493 e. The van der Waals surface area contributed by atoms with Gasteiger partial charge in [0.1, 0.15) is 5.75 Å². The number of benzene rings is 1. The molecule has 0 unspecified atom stereocenters. The summed E-state index contributed by atoms with van der Waals surface area (Å²) in [5.74, 6) is 0.875. The summed E-state index contributed by atoms with van der Waals surface area (Å²) in [6.07, 6.45) is 5.17. The number of hydrogen-bond acceptors (Lipinski definition) is 1. The van der Waals surface area contributed by atoms with Crippen LogP contribution in [0.15, 0.2) is 24.3 Å². The topological polar surface area (TPSA) is 9.23 Å². The molecule has 3 heteroatoms. The third-order valence-electron chi connectivity index (χ3n) is 3.29. The molecule has 1 fully saturated rings. The van der Waals surface area contributed by atoms with Crippen molar-refractivity contribution in [1.82, 2.24) is 0 Å². The lowest BCUT2D eigenvalue weighted by Crippen LogP contribution is -2.26. The van der Waals surface area contributed by atoms with E-state index in [-0.39, 0.29) is 0 Å². The highest BCUT2D eigenvalue weighted by Gasteiger charge is 2.33. The van der Waals surface area contributed by atoms with Crippen molar-refractivity contribution >= 4 is 27.5 Å². The summed E-state index contributed by atoms with van der Waals surface area (Å²) >= 11 is 9.53. The molecular weight excluding hydrogens is 287 g/mol. The average molecular weight is 304 g/mol. The van der Waals surface area contributed by atoms with Crippen molar-refractivity contribution in [2.75, 3.05) is 11.9 Å². The summed E-state index contributed by atoms with van der Waals surface area (Å²) < 4.78 is 5.85. The first-order valence-corrected chi connectivity index (χ1v) is 7.18. The molecule has 2 rings (SSSR count). The van der Waals surface area contributed by atoms with Gasteiger partial charge in [-0.2, -0.15) is 0 Å². The van der Waals surface area contributed by atoms with E-state index in [1.165, 1.54) is 25.7 Å². The molecule has 1 aliphatic rings. The van der Waals surface area contributed by atoms with Crippen molar-refractivity contribution in [3.05, 3.63) is 29.3 Å². The minimum atomic E-state index is 0.336. The van der Waals surface area contributed by atoms with E-state index in [1.807, 2.05) is 24.3 Å². The van der Waals surface area contributed by atoms with Gasteiger partial charge >= 0.3 is 0 Å². The van der Waals surface area contributed by atoms with Crippen LogP contribution in [0.1, 0.15) is 25.7 Å². The van der Waals surface area contributed by atoms with E-state index in [1.54, 1.807) is 0 Å². The van der Waals surface area contributed by atoms with Gasteiger partial charge in [-0.05, 0) is 31.0 Å². The second kappa shape index (κ2) is 5.42. The zero-order valence-corrected chi connectivity index (χ0v) is 11.6. The maximum atomic E-state index is 5.92. The second-order valence-electron chi connectivity index (χ2n) is 4.59. The quantitative estimate of drug-likeness (QED) is 0.734. The van der Waals surface area contributed by atoms with E-state index in [9.17, 15) is 0 Å². The molecule has 0 amide bonds. The number of halogens is 2. The van der Waals surface area contributed by atoms with Crippen LogP contribution in [0.5, 0.6) is 5.75 Å². The maximum absolute atomic E-state index is 5.92. The molecule has 1 nitrogen and oxygen atoms in total. The van der Waals surface area contributed by atoms with Crippen LogP contribution >= 0.6 is 27.5 Å². The van der Waals surface area contributed by atoms with E-state index < -0.39 is 0 Å². The number of hydrogen-bond donors (Lipinski definition) is 0. The number of rotatable bonds is 4. The van der Waals surface area contributed by atoms with Gasteiger partial charge in [-0.3, -0.25) is 0 Å². The fraction of sp³-hybridized carbons (Fsp3) is 0.538. The van der Waals surface area contributed by atoms with E-state index >= 15 is 0 Å². The molecule has 0 spiro atoms. The third kappa shape index (κ3) is 2.92. The fourth-order valence-electron chi connectivity index (χ4n) is 2.23. The van der Waals surface area contributed by atoms with Gasteiger partial charge in [0.2, 0.25) is 0 Å². The lowest BCUT2D eigenvalue weighted by molar-refractivity contribution is 0.174. The highest BCUT2D eigenvalue weighted by atomic mass is 79.9. The van der Waals surface area contributed by atoms with Crippen LogP contribution < -0.4 is 4.74 Å². The van der Waals surface area contributed by atoms with Crippen LogP contribution in [0.4, 0.5) is 0 Å². The minimum absolute atomic E-state index is 0.336. The van der Waals surface area contributed by atoms with Crippen LogP contribution in [0, 0.1) is 5.41 Å². The van der Waals surface area contributed by atoms with Crippen LogP contribution in [-0.2, 0) is 0 Å². The van der Waals surface area contributed by atoms with Gasteiger partial charge in [0.15, 0.2) is 0 Å². The van der Waals surface area contributed by atoms with Gasteiger partial charge in [0.05, 0.1) is 6.61 Å². The fourth-order valence-corrected chi connectivity index (χ4v) is 3.14. The lowest BCUT2D eigenvalue weighted by atomic mass is 9.90. The third-order valence-corrected chi connectivity index (χ3v) is 4.71. The molecule has 0 aliphatic heterocycles. The Morgan fingerprint density at radius 3 is 2.69 bits per heavy atom. The first-order chi connectivity index (χ1) is 7.74. The predicted molar refractivity (Wildman–Crippen MR) is 71.6 cm³/mol. The Labute approximate surface area is 110 Å². The first-order valence-electron chi connectivity index (χ1n) is 5.68. The standard InChI is InChI=1S/C13H16BrClO/c14-9-13(6-1-2-7-13)10-16-12-5-3-4-11(15)8-12/h3-5,8H,1-2,6-7,9-10H2. The van der Waals surface area contributed by atoms with E-state index in [2.05, 4.69) is 15.9 Å². The van der Waals surface area contributed by atoms with Crippen molar-refractivity contribution in [3.8, 4) is 5.75 Å². The Balaban J connectivity index is 1.95. The zero-order valence-electron chi connectivity index (χ0n) is 9.22. The van der Waals surface area contributed by atoms with E-state index in [0.29, 0.717) is 5.41 Å². The Morgan fingerprint density at radius 1 is 1.31 bits per heavy atom. The molecule has 0 saturated heterocycles. The Bertz CT molecular complexity index is 348. The zero-order chi connectivity index (χ0) is 11.4. The Morgan fingerprint density at radius 2 is 2.06 bits per heavy atom. The first kappa shape index (κ1) is 12.3. The summed E-state index contributed by atoms with van der Waals surface area (Å²) in [5, 5.41) is 1.76. The monoisotopic (exact) mass is 302 g/mol. The van der Waals surface area contributed by atoms with Crippen LogP contribution in [0.25, 0.3) is 0 Å². The van der Waals surface area contributed by atoms with Crippen LogP contribution in [-0.4, -0.2) is 11.9 Å². The average Bonchev–Trinajstić information content (AvgIpc) is 2.76. The molecule has 16 heavy (non-hydrogen) atoms. The van der Waals surface area contributed by atoms with Crippen LogP contribution in [0.3, 0.4) is 0 Å². The van der Waals surface area contributed by atoms with E-state index in [4.69, 9.17) is 16.3 Å². The molecule has 0 N–H and O–H groups in total. The van der Waals surface area contributed by atoms with Crippen molar-refractivity contribution in [1.29, 1.82) is 0 Å². The normalized spacial score (nSPS) is 18.6. The molecular formula is C13H16BrClO. The lowest BCUT2D eigenvalue weighted by Gasteiger charge is -2.26. The van der Waals surface area contributed by atoms with Crippen molar-refractivity contribution in [3.63, 3.8) is 0 Å². The smallest absolute Gasteiger partial charge is 0.120 e. The molecule has 0 atom stereocenters. The van der Waals surface area contributed by atoms with Gasteiger partial charge < -0.3 is 4.74 Å². The highest BCUT2D eigenvalue weighted by Crippen LogP contribution is 2.40. The molecule has 1 aromatic carbocycles. The van der Waals surface area contributed by atoms with Crippen molar-refractivity contribution in [2.24, 2.45) is 5.41 Å². The second-order valence-corrected chi connectivity index (χ2v) is 5.58. The highest BCUT2D eigenvalue weighted by molar-refractivity contribution is 9.09. The molecule has 88 valence electrons. The summed E-state index contributed by atoms with van der Waals surface area (Å²) in [4.78, 5) is 0. The van der Waals surface area contributed by atoms with Gasteiger partial charge in [-0.15, -0.1) is 0 Å². The number of alkyl halides is 1. The van der Waals surface area contributed by atoms with Crippen molar-refractivity contribution in [2.45, 2.75) is 25.7 Å². The SMILES string of the molecule is Clc1cccc(OCC2(CBr)CCCC2)c1. The molecule has 0 aromatic heterocycles. The van der Waals surface area contributed by atoms with Crippen LogP contribution in [0.2, 0.25) is 5.02 Å². The Hall–Kier alpha value is -0.210. The predicted octanol–water partition coefficient (Wildman–Crippen LogP) is 4.67. The summed E-state index contributed by atoms with van der Waals surface area (Å²) in [6, 6.07) is 7.62. The van der Waals surface area contributed by atoms with Gasteiger partial charge in [0, 0.05) is 15.8 Å². The summed E-state index contributed by atoms with van der Waals surface area (Å²) in [6.45, 7) is 0.790. The molecule has 1 aliphatic carbocycles. The van der Waals surface area contributed by atoms with Gasteiger partial charge in [-0.25, -0.2) is 0 Å². The maximum Gasteiger partial charge on any atom is 0.120 e. The van der Waals surface area contributed by atoms with Gasteiger partial charge in [0.25, 0.3) is 0 Å². The molecule has 1 saturated carbocycles. The summed E-state index contributed by atoms with van der Waals surface area (Å²) in [7, 11) is 0. The summed E-state index contributed by atoms with van der Waals surface area (Å²) in [5.41, 5.74) is 0.336.